The van der Waals surface area contributed by atoms with Crippen LogP contribution in [0.3, 0.4) is 0 Å². The summed E-state index contributed by atoms with van der Waals surface area (Å²) in [5.41, 5.74) is 3.66. The van der Waals surface area contributed by atoms with Crippen LogP contribution in [0.2, 0.25) is 5.15 Å². The van der Waals surface area contributed by atoms with Crippen LogP contribution < -0.4 is 15.3 Å². The first-order valence-corrected chi connectivity index (χ1v) is 25.3. The molecule has 2 aromatic carbocycles. The van der Waals surface area contributed by atoms with E-state index in [2.05, 4.69) is 40.2 Å². The summed E-state index contributed by atoms with van der Waals surface area (Å²) in [6.07, 6.45) is 7.11. The van der Waals surface area contributed by atoms with Gasteiger partial charge in [-0.15, -0.1) is 20.4 Å². The molecule has 2 amide bonds. The molecule has 2 saturated carbocycles. The first-order valence-electron chi connectivity index (χ1n) is 24.9. The van der Waals surface area contributed by atoms with E-state index in [4.69, 9.17) is 26.8 Å². The van der Waals surface area contributed by atoms with Crippen molar-refractivity contribution >= 4 is 69.2 Å². The molecule has 4 aromatic heterocycles. The van der Waals surface area contributed by atoms with Crippen molar-refractivity contribution in [2.45, 2.75) is 102 Å². The van der Waals surface area contributed by atoms with Crippen LogP contribution >= 0.6 is 11.6 Å². The van der Waals surface area contributed by atoms with Gasteiger partial charge in [0.2, 0.25) is 23.7 Å². The highest BCUT2D eigenvalue weighted by Crippen LogP contribution is 2.40. The molecule has 2 aliphatic carbocycles. The van der Waals surface area contributed by atoms with Crippen LogP contribution in [-0.4, -0.2) is 143 Å². The number of fused-ring (bicyclic) bond motifs is 2. The van der Waals surface area contributed by atoms with E-state index in [1.54, 1.807) is 55.1 Å². The molecule has 4 aliphatic rings. The number of hydrogen-bond donors (Lipinski definition) is 4. The smallest absolute Gasteiger partial charge is 0.423 e. The fourth-order valence-corrected chi connectivity index (χ4v) is 10.4. The van der Waals surface area contributed by atoms with Crippen molar-refractivity contribution in [1.82, 2.24) is 40.2 Å². The molecule has 0 radical (unpaired) electrons. The Balaban J connectivity index is 0.000000166. The third kappa shape index (κ3) is 12.7. The normalized spacial score (nSPS) is 20.1. The zero-order valence-electron chi connectivity index (χ0n) is 41.3. The standard InChI is InChI=1S/C26H29F2N5O2.C19H22ClF2N5O.C7H9BO3/c1-17-15-32(12-13-33(17)25(35)20-6-9-26(27,28)10-7-20)24-22-14-29-11-8-21(22)23(30-31-24)19-4-2-18(16-34)3-5-19;1-12-11-26(17-15-10-23-7-4-14(15)16(20)24-25-17)8-9-27(12)18(28)13-2-5-19(21,22)6-3-13;9-5-6-1-3-7(4-2-6)8(10)11/h2-5,8,11,14,17,20,34H,6-7,9-10,12-13,15-16H2,1H3;4,7,10,12-13H,2-3,5-6,8-9,11H2,1H3;1-4,9-11H,5H2/t17-;12-;/m00./s1. The van der Waals surface area contributed by atoms with Gasteiger partial charge in [-0.2, -0.15) is 0 Å². The summed E-state index contributed by atoms with van der Waals surface area (Å²) >= 11 is 6.14. The molecule has 2 saturated heterocycles. The Kier molecular flexibility index (Phi) is 17.3. The average molecular weight is 1040 g/mol. The SMILES string of the molecule is C[C@H]1CN(c2nnc(-c3ccc(CO)cc3)c3ccncc23)CCN1C(=O)C1CCC(F)(F)CC1.C[C@H]1CN(c2nnc(Cl)c3ccncc23)CCN1C(=O)C1CCC(F)(F)CC1.OCc1ccc(B(O)O)cc1. The number of rotatable bonds is 8. The molecule has 22 heteroatoms. The molecule has 6 aromatic rings. The number of pyridine rings is 2. The topological polar surface area (TPSA) is 205 Å². The van der Waals surface area contributed by atoms with Gasteiger partial charge in [-0.3, -0.25) is 19.6 Å². The number of aliphatic hydroxyl groups is 2. The first-order chi connectivity index (χ1) is 35.5. The van der Waals surface area contributed by atoms with E-state index < -0.39 is 19.0 Å². The van der Waals surface area contributed by atoms with E-state index in [1.165, 1.54) is 0 Å². The van der Waals surface area contributed by atoms with Crippen LogP contribution in [0.5, 0.6) is 0 Å². The summed E-state index contributed by atoms with van der Waals surface area (Å²) in [7, 11) is -1.43. The van der Waals surface area contributed by atoms with Gasteiger partial charge >= 0.3 is 7.12 Å². The Morgan fingerprint density at radius 3 is 1.49 bits per heavy atom. The monoisotopic (exact) mass is 1040 g/mol. The fourth-order valence-electron chi connectivity index (χ4n) is 10.2. The number of piperazine rings is 2. The predicted octanol–water partition coefficient (Wildman–Crippen LogP) is 6.45. The second kappa shape index (κ2) is 23.6. The van der Waals surface area contributed by atoms with Crippen LogP contribution in [0.25, 0.3) is 32.8 Å². The lowest BCUT2D eigenvalue weighted by molar-refractivity contribution is -0.143. The summed E-state index contributed by atoms with van der Waals surface area (Å²) in [5, 5.41) is 56.5. The van der Waals surface area contributed by atoms with Crippen molar-refractivity contribution < 1.29 is 47.4 Å². The number of aromatic nitrogens is 6. The van der Waals surface area contributed by atoms with E-state index in [1.807, 2.05) is 54.0 Å². The van der Waals surface area contributed by atoms with Crippen molar-refractivity contribution in [3.63, 3.8) is 0 Å². The average Bonchev–Trinajstić information content (AvgIpc) is 3.41. The van der Waals surface area contributed by atoms with Gasteiger partial charge in [-0.1, -0.05) is 60.1 Å². The van der Waals surface area contributed by atoms with Crippen molar-refractivity contribution in [3.05, 3.63) is 102 Å². The van der Waals surface area contributed by atoms with Gasteiger partial charge in [-0.25, -0.2) is 17.6 Å². The number of carbonyl (C=O) groups excluding carboxylic acids is 2. The van der Waals surface area contributed by atoms with E-state index in [-0.39, 0.29) is 100 Å². The molecular formula is C52H60BClF4N10O6. The Morgan fingerprint density at radius 2 is 1.04 bits per heavy atom. The van der Waals surface area contributed by atoms with Crippen LogP contribution in [0.15, 0.2) is 85.5 Å². The maximum atomic E-state index is 13.5. The number of alkyl halides is 4. The highest BCUT2D eigenvalue weighted by Gasteiger charge is 2.42. The van der Waals surface area contributed by atoms with E-state index in [9.17, 15) is 32.3 Å². The number of halogens is 5. The zero-order valence-corrected chi connectivity index (χ0v) is 42.0. The van der Waals surface area contributed by atoms with Crippen LogP contribution in [0.4, 0.5) is 29.2 Å². The molecule has 10 rings (SSSR count). The minimum Gasteiger partial charge on any atom is -0.423 e. The van der Waals surface area contributed by atoms with Gasteiger partial charge in [-0.05, 0) is 68.3 Å². The Morgan fingerprint density at radius 1 is 0.608 bits per heavy atom. The van der Waals surface area contributed by atoms with Gasteiger partial charge in [0.25, 0.3) is 0 Å². The quantitative estimate of drug-likeness (QED) is 0.0957. The summed E-state index contributed by atoms with van der Waals surface area (Å²) in [6, 6.07) is 17.6. The summed E-state index contributed by atoms with van der Waals surface area (Å²) in [5.74, 6) is -4.46. The number of amides is 2. The second-order valence-electron chi connectivity index (χ2n) is 19.6. The fraction of sp³-hybridized carbons (Fsp3) is 0.462. The Labute approximate surface area is 431 Å². The summed E-state index contributed by atoms with van der Waals surface area (Å²) in [4.78, 5) is 42.3. The molecule has 16 nitrogen and oxygen atoms in total. The number of benzene rings is 2. The van der Waals surface area contributed by atoms with Crippen molar-refractivity contribution in [3.8, 4) is 11.3 Å². The number of aliphatic hydroxyl groups excluding tert-OH is 2. The zero-order chi connectivity index (χ0) is 52.7. The minimum atomic E-state index is -2.64. The number of nitrogens with zero attached hydrogens (tertiary/aromatic N) is 10. The number of hydrogen-bond acceptors (Lipinski definition) is 14. The van der Waals surface area contributed by atoms with Gasteiger partial charge in [0.15, 0.2) is 16.8 Å². The second-order valence-corrected chi connectivity index (χ2v) is 19.9. The third-order valence-electron chi connectivity index (χ3n) is 14.5. The molecule has 392 valence electrons. The minimum absolute atomic E-state index is 0.00337. The molecule has 4 fully saturated rings. The van der Waals surface area contributed by atoms with Crippen LogP contribution in [0.1, 0.15) is 76.3 Å². The lowest BCUT2D eigenvalue weighted by Crippen LogP contribution is -2.56. The molecule has 4 N–H and O–H groups in total. The lowest BCUT2D eigenvalue weighted by atomic mass is 9.80. The highest BCUT2D eigenvalue weighted by molar-refractivity contribution is 6.58. The van der Waals surface area contributed by atoms with E-state index in [0.29, 0.717) is 55.7 Å². The van der Waals surface area contributed by atoms with Crippen molar-refractivity contribution in [2.24, 2.45) is 11.8 Å². The van der Waals surface area contributed by atoms with Crippen LogP contribution in [0, 0.1) is 11.8 Å². The van der Waals surface area contributed by atoms with Crippen LogP contribution in [-0.2, 0) is 22.8 Å². The van der Waals surface area contributed by atoms with Gasteiger partial charge in [0.05, 0.1) is 13.2 Å². The largest absolute Gasteiger partial charge is 0.488 e. The van der Waals surface area contributed by atoms with Crippen molar-refractivity contribution in [2.75, 3.05) is 49.1 Å². The predicted molar refractivity (Wildman–Crippen MR) is 274 cm³/mol. The van der Waals surface area contributed by atoms with Gasteiger partial charge in [0, 0.05) is 141 Å². The third-order valence-corrected chi connectivity index (χ3v) is 14.8. The molecule has 0 spiro atoms. The number of anilines is 2. The molecule has 2 aliphatic heterocycles. The lowest BCUT2D eigenvalue weighted by Gasteiger charge is -2.42. The molecule has 74 heavy (non-hydrogen) atoms. The molecular weight excluding hydrogens is 983 g/mol. The Bertz CT molecular complexity index is 2880. The van der Waals surface area contributed by atoms with Gasteiger partial charge in [0.1, 0.15) is 5.69 Å². The highest BCUT2D eigenvalue weighted by atomic mass is 35.5. The molecule has 2 atom stereocenters. The van der Waals surface area contributed by atoms with E-state index in [0.717, 1.165) is 49.7 Å². The molecule has 0 bridgehead atoms. The molecule has 6 heterocycles. The molecule has 0 unspecified atom stereocenters. The number of carbonyl (C=O) groups is 2. The van der Waals surface area contributed by atoms with Gasteiger partial charge < -0.3 is 39.9 Å². The maximum Gasteiger partial charge on any atom is 0.488 e. The maximum absolute atomic E-state index is 13.5. The van der Waals surface area contributed by atoms with E-state index >= 15 is 0 Å². The first kappa shape index (κ1) is 54.1. The summed E-state index contributed by atoms with van der Waals surface area (Å²) < 4.78 is 53.9. The Hall–Kier alpha value is -6.13. The summed E-state index contributed by atoms with van der Waals surface area (Å²) in [6.45, 7) is 7.32. The van der Waals surface area contributed by atoms with Crippen molar-refractivity contribution in [1.29, 1.82) is 0 Å².